The monoisotopic (exact) mass is 322 g/mol. The first-order chi connectivity index (χ1) is 11.6. The van der Waals surface area contributed by atoms with Crippen molar-refractivity contribution in [1.29, 1.82) is 0 Å². The smallest absolute Gasteiger partial charge is 0.227 e. The summed E-state index contributed by atoms with van der Waals surface area (Å²) >= 11 is 0. The van der Waals surface area contributed by atoms with Gasteiger partial charge in [0.15, 0.2) is 0 Å². The van der Waals surface area contributed by atoms with Crippen LogP contribution in [-0.4, -0.2) is 37.0 Å². The van der Waals surface area contributed by atoms with Crippen LogP contribution in [0.5, 0.6) is 0 Å². The summed E-state index contributed by atoms with van der Waals surface area (Å²) < 4.78 is 0. The number of hydrogen-bond donors (Lipinski definition) is 0. The van der Waals surface area contributed by atoms with Crippen LogP contribution >= 0.6 is 0 Å². The van der Waals surface area contributed by atoms with Crippen molar-refractivity contribution in [1.82, 2.24) is 4.90 Å². The molecule has 0 atom stereocenters. The van der Waals surface area contributed by atoms with Gasteiger partial charge in [-0.2, -0.15) is 0 Å². The lowest BCUT2D eigenvalue weighted by atomic mass is 10.0. The van der Waals surface area contributed by atoms with E-state index >= 15 is 0 Å². The Morgan fingerprint density at radius 3 is 2.25 bits per heavy atom. The minimum Gasteiger partial charge on any atom is -0.368 e. The Morgan fingerprint density at radius 1 is 0.875 bits per heavy atom. The van der Waals surface area contributed by atoms with Gasteiger partial charge in [0, 0.05) is 31.9 Å². The van der Waals surface area contributed by atoms with Crippen molar-refractivity contribution >= 4 is 11.6 Å². The molecule has 0 aliphatic carbocycles. The summed E-state index contributed by atoms with van der Waals surface area (Å²) in [6.07, 6.45) is 0.510. The largest absolute Gasteiger partial charge is 0.368 e. The summed E-state index contributed by atoms with van der Waals surface area (Å²) in [5, 5.41) is 0. The second-order valence-electron chi connectivity index (χ2n) is 6.69. The standard InChI is InChI=1S/C21H26N2O/c1-16-8-6-10-20(18(16)3)22-11-13-23(14-12-22)21(24)15-19-9-5-4-7-17(19)2/h4-10H,11-15H2,1-3H3. The summed E-state index contributed by atoms with van der Waals surface area (Å²) in [4.78, 5) is 17.0. The van der Waals surface area contributed by atoms with Crippen molar-refractivity contribution in [3.8, 4) is 0 Å². The molecule has 3 rings (SSSR count). The van der Waals surface area contributed by atoms with Crippen molar-refractivity contribution in [2.24, 2.45) is 0 Å². The van der Waals surface area contributed by atoms with Gasteiger partial charge in [0.1, 0.15) is 0 Å². The van der Waals surface area contributed by atoms with Gasteiger partial charge in [-0.15, -0.1) is 0 Å². The summed E-state index contributed by atoms with van der Waals surface area (Å²) in [6.45, 7) is 9.83. The first-order valence-corrected chi connectivity index (χ1v) is 8.69. The molecule has 1 heterocycles. The lowest BCUT2D eigenvalue weighted by Gasteiger charge is -2.37. The SMILES string of the molecule is Cc1ccccc1CC(=O)N1CCN(c2cccc(C)c2C)CC1. The van der Waals surface area contributed by atoms with Gasteiger partial charge in [-0.05, 0) is 49.1 Å². The highest BCUT2D eigenvalue weighted by molar-refractivity contribution is 5.79. The van der Waals surface area contributed by atoms with Crippen LogP contribution in [0.15, 0.2) is 42.5 Å². The fourth-order valence-electron chi connectivity index (χ4n) is 3.36. The molecule has 24 heavy (non-hydrogen) atoms. The molecule has 1 amide bonds. The number of hydrogen-bond acceptors (Lipinski definition) is 2. The van der Waals surface area contributed by atoms with Crippen LogP contribution in [0.2, 0.25) is 0 Å². The average Bonchev–Trinajstić information content (AvgIpc) is 2.59. The van der Waals surface area contributed by atoms with E-state index in [-0.39, 0.29) is 5.91 Å². The molecule has 1 aliphatic rings. The number of amides is 1. The number of benzene rings is 2. The van der Waals surface area contributed by atoms with Gasteiger partial charge in [0.2, 0.25) is 5.91 Å². The molecular weight excluding hydrogens is 296 g/mol. The van der Waals surface area contributed by atoms with Crippen LogP contribution in [0, 0.1) is 20.8 Å². The predicted octanol–water partition coefficient (Wildman–Crippen LogP) is 3.50. The number of nitrogens with zero attached hydrogens (tertiary/aromatic N) is 2. The summed E-state index contributed by atoms with van der Waals surface area (Å²) in [7, 11) is 0. The van der Waals surface area contributed by atoms with E-state index in [0.29, 0.717) is 6.42 Å². The average molecular weight is 322 g/mol. The van der Waals surface area contributed by atoms with Crippen LogP contribution in [0.1, 0.15) is 22.3 Å². The third kappa shape index (κ3) is 3.45. The highest BCUT2D eigenvalue weighted by Gasteiger charge is 2.22. The van der Waals surface area contributed by atoms with Crippen LogP contribution in [0.25, 0.3) is 0 Å². The van der Waals surface area contributed by atoms with Gasteiger partial charge >= 0.3 is 0 Å². The summed E-state index contributed by atoms with van der Waals surface area (Å²) in [6, 6.07) is 14.6. The molecule has 3 nitrogen and oxygen atoms in total. The zero-order chi connectivity index (χ0) is 17.1. The van der Waals surface area contributed by atoms with E-state index in [4.69, 9.17) is 0 Å². The molecule has 0 radical (unpaired) electrons. The first-order valence-electron chi connectivity index (χ1n) is 8.69. The van der Waals surface area contributed by atoms with Crippen molar-refractivity contribution in [2.75, 3.05) is 31.1 Å². The molecular formula is C21H26N2O. The maximum Gasteiger partial charge on any atom is 0.227 e. The number of aryl methyl sites for hydroxylation is 2. The Labute approximate surface area is 144 Å². The number of rotatable bonds is 3. The van der Waals surface area contributed by atoms with E-state index in [2.05, 4.69) is 56.0 Å². The van der Waals surface area contributed by atoms with E-state index in [1.54, 1.807) is 0 Å². The third-order valence-electron chi connectivity index (χ3n) is 5.15. The molecule has 126 valence electrons. The van der Waals surface area contributed by atoms with Gasteiger partial charge in [-0.25, -0.2) is 0 Å². The Kier molecular flexibility index (Phi) is 4.89. The molecule has 0 N–H and O–H groups in total. The van der Waals surface area contributed by atoms with Crippen molar-refractivity contribution < 1.29 is 4.79 Å². The Morgan fingerprint density at radius 2 is 1.54 bits per heavy atom. The summed E-state index contributed by atoms with van der Waals surface area (Å²) in [5.74, 6) is 0.241. The second-order valence-corrected chi connectivity index (χ2v) is 6.69. The van der Waals surface area contributed by atoms with Crippen LogP contribution < -0.4 is 4.90 Å². The minimum atomic E-state index is 0.241. The van der Waals surface area contributed by atoms with E-state index in [1.165, 1.54) is 22.4 Å². The molecule has 0 spiro atoms. The highest BCUT2D eigenvalue weighted by Crippen LogP contribution is 2.24. The van der Waals surface area contributed by atoms with E-state index in [9.17, 15) is 4.79 Å². The second kappa shape index (κ2) is 7.08. The van der Waals surface area contributed by atoms with Gasteiger partial charge in [-0.1, -0.05) is 36.4 Å². The van der Waals surface area contributed by atoms with E-state index in [0.717, 1.165) is 31.7 Å². The van der Waals surface area contributed by atoms with Crippen LogP contribution in [-0.2, 0) is 11.2 Å². The minimum absolute atomic E-state index is 0.241. The molecule has 1 saturated heterocycles. The molecule has 0 unspecified atom stereocenters. The molecule has 0 saturated carbocycles. The quantitative estimate of drug-likeness (QED) is 0.863. The zero-order valence-corrected chi connectivity index (χ0v) is 14.9. The van der Waals surface area contributed by atoms with Gasteiger partial charge in [0.05, 0.1) is 6.42 Å². The van der Waals surface area contributed by atoms with Crippen molar-refractivity contribution in [3.05, 3.63) is 64.7 Å². The third-order valence-corrected chi connectivity index (χ3v) is 5.15. The van der Waals surface area contributed by atoms with Crippen LogP contribution in [0.4, 0.5) is 5.69 Å². The van der Waals surface area contributed by atoms with E-state index in [1.807, 2.05) is 17.0 Å². The fourth-order valence-corrected chi connectivity index (χ4v) is 3.36. The number of piperazine rings is 1. The highest BCUT2D eigenvalue weighted by atomic mass is 16.2. The van der Waals surface area contributed by atoms with Crippen LogP contribution in [0.3, 0.4) is 0 Å². The lowest BCUT2D eigenvalue weighted by molar-refractivity contribution is -0.130. The molecule has 2 aromatic rings. The Balaban J connectivity index is 1.62. The topological polar surface area (TPSA) is 23.6 Å². The normalized spacial score (nSPS) is 14.8. The van der Waals surface area contributed by atoms with Gasteiger partial charge < -0.3 is 9.80 Å². The molecule has 1 fully saturated rings. The zero-order valence-electron chi connectivity index (χ0n) is 14.9. The number of carbonyl (C=O) groups excluding carboxylic acids is 1. The Hall–Kier alpha value is -2.29. The summed E-state index contributed by atoms with van der Waals surface area (Å²) in [5.41, 5.74) is 6.31. The maximum atomic E-state index is 12.6. The van der Waals surface area contributed by atoms with Crippen molar-refractivity contribution in [3.63, 3.8) is 0 Å². The lowest BCUT2D eigenvalue weighted by Crippen LogP contribution is -2.49. The fraction of sp³-hybridized carbons (Fsp3) is 0.381. The first kappa shape index (κ1) is 16.6. The van der Waals surface area contributed by atoms with Gasteiger partial charge in [-0.3, -0.25) is 4.79 Å². The number of anilines is 1. The van der Waals surface area contributed by atoms with Crippen molar-refractivity contribution in [2.45, 2.75) is 27.2 Å². The molecule has 1 aliphatic heterocycles. The molecule has 0 aromatic heterocycles. The molecule has 2 aromatic carbocycles. The maximum absolute atomic E-state index is 12.6. The predicted molar refractivity (Wildman–Crippen MR) is 99.6 cm³/mol. The van der Waals surface area contributed by atoms with E-state index < -0.39 is 0 Å². The Bertz CT molecular complexity index is 730. The molecule has 0 bridgehead atoms. The molecule has 3 heteroatoms. The van der Waals surface area contributed by atoms with Gasteiger partial charge in [0.25, 0.3) is 0 Å². The number of carbonyl (C=O) groups is 1.